The minimum absolute atomic E-state index is 0.377. The zero-order valence-electron chi connectivity index (χ0n) is 16.3. The van der Waals surface area contributed by atoms with Crippen LogP contribution < -0.4 is 20.2 Å². The Kier molecular flexibility index (Phi) is 6.01. The number of methoxy groups -OCH3 is 1. The molecule has 2 aromatic carbocycles. The van der Waals surface area contributed by atoms with Gasteiger partial charge in [0.1, 0.15) is 5.54 Å². The van der Waals surface area contributed by atoms with Crippen LogP contribution in [0.15, 0.2) is 54.6 Å². The summed E-state index contributed by atoms with van der Waals surface area (Å²) in [6.45, 7) is 1.27. The molecular formula is C21H23N3O5. The van der Waals surface area contributed by atoms with E-state index in [2.05, 4.69) is 10.7 Å². The van der Waals surface area contributed by atoms with Gasteiger partial charge in [-0.25, -0.2) is 4.79 Å². The molecule has 0 aliphatic carbocycles. The summed E-state index contributed by atoms with van der Waals surface area (Å²) in [6, 6.07) is 15.9. The third-order valence-electron chi connectivity index (χ3n) is 4.68. The molecule has 0 bridgehead atoms. The van der Waals surface area contributed by atoms with Gasteiger partial charge in [0, 0.05) is 0 Å². The molecule has 1 heterocycles. The maximum absolute atomic E-state index is 12.7. The number of carbonyl (C=O) groups is 3. The molecule has 0 spiro atoms. The van der Waals surface area contributed by atoms with E-state index in [9.17, 15) is 14.4 Å². The van der Waals surface area contributed by atoms with Crippen LogP contribution in [-0.4, -0.2) is 42.1 Å². The molecule has 29 heavy (non-hydrogen) atoms. The first kappa shape index (κ1) is 20.2. The number of nitrogens with one attached hydrogen (secondary N) is 2. The van der Waals surface area contributed by atoms with E-state index in [0.29, 0.717) is 29.3 Å². The van der Waals surface area contributed by atoms with Crippen molar-refractivity contribution >= 4 is 17.8 Å². The van der Waals surface area contributed by atoms with Gasteiger partial charge in [0.05, 0.1) is 7.11 Å². The fraction of sp³-hybridized carbons (Fsp3) is 0.286. The number of hydrazine groups is 1. The molecule has 1 atom stereocenters. The SMILES string of the molecule is COc1ccccc1OCC(=O)NN1C(=O)NC(C)(CCc2ccccc2)C1=O. The highest BCUT2D eigenvalue weighted by Crippen LogP contribution is 2.26. The van der Waals surface area contributed by atoms with Gasteiger partial charge in [-0.15, -0.1) is 0 Å². The first-order valence-electron chi connectivity index (χ1n) is 9.19. The normalized spacial score (nSPS) is 18.3. The molecular weight excluding hydrogens is 374 g/mol. The Balaban J connectivity index is 1.57. The van der Waals surface area contributed by atoms with Crippen LogP contribution in [-0.2, 0) is 16.0 Å². The lowest BCUT2D eigenvalue weighted by Gasteiger charge is -2.21. The van der Waals surface area contributed by atoms with E-state index in [0.717, 1.165) is 5.56 Å². The van der Waals surface area contributed by atoms with E-state index in [-0.39, 0.29) is 6.61 Å². The molecule has 152 valence electrons. The number of nitrogens with zero attached hydrogens (tertiary/aromatic N) is 1. The second-order valence-electron chi connectivity index (χ2n) is 6.86. The molecule has 3 rings (SSSR count). The van der Waals surface area contributed by atoms with Gasteiger partial charge >= 0.3 is 6.03 Å². The van der Waals surface area contributed by atoms with E-state index in [1.165, 1.54) is 7.11 Å². The molecule has 0 saturated carbocycles. The first-order chi connectivity index (χ1) is 13.9. The Hall–Kier alpha value is -3.55. The summed E-state index contributed by atoms with van der Waals surface area (Å²) < 4.78 is 10.6. The van der Waals surface area contributed by atoms with Crippen molar-refractivity contribution in [3.8, 4) is 11.5 Å². The minimum Gasteiger partial charge on any atom is -0.493 e. The molecule has 1 saturated heterocycles. The molecule has 1 aliphatic rings. The van der Waals surface area contributed by atoms with Crippen molar-refractivity contribution in [2.24, 2.45) is 0 Å². The van der Waals surface area contributed by atoms with E-state index in [1.807, 2.05) is 30.3 Å². The number of imide groups is 1. The average molecular weight is 397 g/mol. The van der Waals surface area contributed by atoms with Crippen LogP contribution in [0.4, 0.5) is 4.79 Å². The summed E-state index contributed by atoms with van der Waals surface area (Å²) in [5.74, 6) is -0.283. The van der Waals surface area contributed by atoms with Gasteiger partial charge in [0.25, 0.3) is 11.8 Å². The Morgan fingerprint density at radius 2 is 1.72 bits per heavy atom. The maximum atomic E-state index is 12.7. The summed E-state index contributed by atoms with van der Waals surface area (Å²) in [6.07, 6.45) is 1.02. The molecule has 0 aromatic heterocycles. The zero-order chi connectivity index (χ0) is 20.9. The number of hydrogen-bond acceptors (Lipinski definition) is 5. The molecule has 1 fully saturated rings. The number of amides is 4. The lowest BCUT2D eigenvalue weighted by atomic mass is 9.93. The van der Waals surface area contributed by atoms with Crippen LogP contribution in [0, 0.1) is 0 Å². The highest BCUT2D eigenvalue weighted by atomic mass is 16.5. The molecule has 2 N–H and O–H groups in total. The quantitative estimate of drug-likeness (QED) is 0.665. The Bertz CT molecular complexity index is 902. The van der Waals surface area contributed by atoms with Gasteiger partial charge in [-0.2, -0.15) is 5.01 Å². The van der Waals surface area contributed by atoms with E-state index in [4.69, 9.17) is 9.47 Å². The van der Waals surface area contributed by atoms with Gasteiger partial charge in [-0.1, -0.05) is 42.5 Å². The van der Waals surface area contributed by atoms with Crippen LogP contribution >= 0.6 is 0 Å². The molecule has 2 aromatic rings. The lowest BCUT2D eigenvalue weighted by molar-refractivity contribution is -0.139. The maximum Gasteiger partial charge on any atom is 0.344 e. The Labute approximate surface area is 168 Å². The van der Waals surface area contributed by atoms with Crippen LogP contribution in [0.5, 0.6) is 11.5 Å². The van der Waals surface area contributed by atoms with Crippen molar-refractivity contribution in [3.05, 3.63) is 60.2 Å². The van der Waals surface area contributed by atoms with Crippen molar-refractivity contribution in [1.29, 1.82) is 0 Å². The van der Waals surface area contributed by atoms with Crippen molar-refractivity contribution in [3.63, 3.8) is 0 Å². The predicted octanol–water partition coefficient (Wildman–Crippen LogP) is 2.05. The van der Waals surface area contributed by atoms with Gasteiger partial charge < -0.3 is 14.8 Å². The third-order valence-corrected chi connectivity index (χ3v) is 4.68. The number of aryl methyl sites for hydroxylation is 1. The zero-order valence-corrected chi connectivity index (χ0v) is 16.3. The third kappa shape index (κ3) is 4.66. The van der Waals surface area contributed by atoms with Gasteiger partial charge in [-0.05, 0) is 37.5 Å². The van der Waals surface area contributed by atoms with Crippen molar-refractivity contribution in [2.45, 2.75) is 25.3 Å². The first-order valence-corrected chi connectivity index (χ1v) is 9.19. The molecule has 0 radical (unpaired) electrons. The number of hydrogen-bond donors (Lipinski definition) is 2. The van der Waals surface area contributed by atoms with Crippen molar-refractivity contribution in [1.82, 2.24) is 15.8 Å². The predicted molar refractivity (Wildman–Crippen MR) is 105 cm³/mol. The Morgan fingerprint density at radius 3 is 2.41 bits per heavy atom. The van der Waals surface area contributed by atoms with E-state index < -0.39 is 23.4 Å². The van der Waals surface area contributed by atoms with Gasteiger partial charge in [0.15, 0.2) is 18.1 Å². The standard InChI is InChI=1S/C21H23N3O5/c1-21(13-12-15-8-4-3-5-9-15)19(26)24(20(27)22-21)23-18(25)14-29-17-11-7-6-10-16(17)28-2/h3-11H,12-14H2,1-2H3,(H,22,27)(H,23,25). The summed E-state index contributed by atoms with van der Waals surface area (Å²) in [5, 5.41) is 3.37. The van der Waals surface area contributed by atoms with Gasteiger partial charge in [0.2, 0.25) is 0 Å². The molecule has 1 unspecified atom stereocenters. The van der Waals surface area contributed by atoms with Gasteiger partial charge in [-0.3, -0.25) is 15.0 Å². The molecule has 4 amide bonds. The fourth-order valence-corrected chi connectivity index (χ4v) is 3.03. The number of rotatable bonds is 8. The smallest absolute Gasteiger partial charge is 0.344 e. The second kappa shape index (κ2) is 8.64. The highest BCUT2D eigenvalue weighted by Gasteiger charge is 2.48. The summed E-state index contributed by atoms with van der Waals surface area (Å²) >= 11 is 0. The number of urea groups is 1. The number of carbonyl (C=O) groups excluding carboxylic acids is 3. The summed E-state index contributed by atoms with van der Waals surface area (Å²) in [5.41, 5.74) is 2.27. The van der Waals surface area contributed by atoms with E-state index in [1.54, 1.807) is 31.2 Å². The molecule has 1 aliphatic heterocycles. The Morgan fingerprint density at radius 1 is 1.07 bits per heavy atom. The minimum atomic E-state index is -1.09. The number of para-hydroxylation sites is 2. The molecule has 8 nitrogen and oxygen atoms in total. The average Bonchev–Trinajstić information content (AvgIpc) is 2.95. The molecule has 8 heteroatoms. The topological polar surface area (TPSA) is 97.0 Å². The fourth-order valence-electron chi connectivity index (χ4n) is 3.03. The summed E-state index contributed by atoms with van der Waals surface area (Å²) in [4.78, 5) is 37.2. The monoisotopic (exact) mass is 397 g/mol. The number of benzene rings is 2. The second-order valence-corrected chi connectivity index (χ2v) is 6.86. The van der Waals surface area contributed by atoms with Crippen molar-refractivity contribution in [2.75, 3.05) is 13.7 Å². The van der Waals surface area contributed by atoms with Crippen LogP contribution in [0.2, 0.25) is 0 Å². The van der Waals surface area contributed by atoms with Crippen LogP contribution in [0.3, 0.4) is 0 Å². The van der Waals surface area contributed by atoms with Crippen molar-refractivity contribution < 1.29 is 23.9 Å². The number of ether oxygens (including phenoxy) is 2. The highest BCUT2D eigenvalue weighted by molar-refractivity contribution is 6.07. The van der Waals surface area contributed by atoms with Crippen LogP contribution in [0.25, 0.3) is 0 Å². The van der Waals surface area contributed by atoms with Crippen LogP contribution in [0.1, 0.15) is 18.9 Å². The summed E-state index contributed by atoms with van der Waals surface area (Å²) in [7, 11) is 1.49. The lowest BCUT2D eigenvalue weighted by Crippen LogP contribution is -2.50. The largest absolute Gasteiger partial charge is 0.493 e. The van der Waals surface area contributed by atoms with E-state index >= 15 is 0 Å².